The summed E-state index contributed by atoms with van der Waals surface area (Å²) < 4.78 is 17.6. The van der Waals surface area contributed by atoms with Gasteiger partial charge in [0.2, 0.25) is 0 Å². The van der Waals surface area contributed by atoms with Crippen LogP contribution in [0.25, 0.3) is 0 Å². The smallest absolute Gasteiger partial charge is 0.0691 e. The van der Waals surface area contributed by atoms with Crippen molar-refractivity contribution in [2.24, 2.45) is 5.73 Å². The van der Waals surface area contributed by atoms with Crippen molar-refractivity contribution in [1.82, 2.24) is 0 Å². The first-order valence-corrected chi connectivity index (χ1v) is 8.34. The average molecular weight is 281 g/mol. The lowest BCUT2D eigenvalue weighted by molar-refractivity contribution is 0.128. The zero-order chi connectivity index (χ0) is 13.8. The summed E-state index contributed by atoms with van der Waals surface area (Å²) in [5.74, 6) is 1.14. The average Bonchev–Trinajstić information content (AvgIpc) is 2.80. The molecular formula is C15H23NO2S. The fraction of sp³-hybridized carbons (Fsp3) is 0.600. The molecule has 1 aromatic carbocycles. The van der Waals surface area contributed by atoms with E-state index in [-0.39, 0.29) is 12.1 Å². The molecule has 1 heterocycles. The Morgan fingerprint density at radius 1 is 1.37 bits per heavy atom. The quantitative estimate of drug-likeness (QED) is 0.900. The summed E-state index contributed by atoms with van der Waals surface area (Å²) in [7, 11) is -0.904. The number of hydrogen-bond acceptors (Lipinski definition) is 3. The van der Waals surface area contributed by atoms with Crippen LogP contribution in [0, 0.1) is 13.8 Å². The molecule has 1 aliphatic rings. The summed E-state index contributed by atoms with van der Waals surface area (Å²) in [6.45, 7) is 4.93. The second kappa shape index (κ2) is 6.64. The van der Waals surface area contributed by atoms with E-state index in [2.05, 4.69) is 32.0 Å². The summed E-state index contributed by atoms with van der Waals surface area (Å²) in [6, 6.07) is 6.14. The van der Waals surface area contributed by atoms with E-state index < -0.39 is 10.8 Å². The fourth-order valence-electron chi connectivity index (χ4n) is 2.57. The Kier molecular flexibility index (Phi) is 5.13. The van der Waals surface area contributed by atoms with Gasteiger partial charge >= 0.3 is 0 Å². The van der Waals surface area contributed by atoms with Crippen molar-refractivity contribution in [2.75, 3.05) is 18.1 Å². The second-order valence-electron chi connectivity index (χ2n) is 5.44. The molecule has 0 saturated carbocycles. The molecule has 0 aliphatic carbocycles. The number of nitrogens with two attached hydrogens (primary N) is 1. The maximum absolute atomic E-state index is 12.1. The molecule has 1 aliphatic heterocycles. The molecule has 0 amide bonds. The first-order valence-electron chi connectivity index (χ1n) is 6.85. The summed E-state index contributed by atoms with van der Waals surface area (Å²) in [6.07, 6.45) is 2.29. The van der Waals surface area contributed by atoms with Gasteiger partial charge in [0, 0.05) is 35.0 Å². The van der Waals surface area contributed by atoms with Crippen LogP contribution >= 0.6 is 0 Å². The molecule has 0 bridgehead atoms. The minimum absolute atomic E-state index is 0.152. The van der Waals surface area contributed by atoms with Crippen LogP contribution in [0.15, 0.2) is 18.2 Å². The molecule has 2 N–H and O–H groups in total. The minimum Gasteiger partial charge on any atom is -0.377 e. The Balaban J connectivity index is 1.92. The highest BCUT2D eigenvalue weighted by atomic mass is 32.2. The van der Waals surface area contributed by atoms with Crippen molar-refractivity contribution in [3.05, 3.63) is 34.9 Å². The number of hydrogen-bond donors (Lipinski definition) is 1. The van der Waals surface area contributed by atoms with Gasteiger partial charge in [-0.25, -0.2) is 0 Å². The van der Waals surface area contributed by atoms with Crippen molar-refractivity contribution >= 4 is 10.8 Å². The van der Waals surface area contributed by atoms with Crippen molar-refractivity contribution in [3.63, 3.8) is 0 Å². The minimum atomic E-state index is -0.904. The summed E-state index contributed by atoms with van der Waals surface area (Å²) >= 11 is 0. The number of ether oxygens (including phenoxy) is 1. The maximum atomic E-state index is 12.1. The first kappa shape index (κ1) is 14.7. The first-order chi connectivity index (χ1) is 9.04. The van der Waals surface area contributed by atoms with E-state index in [0.717, 1.165) is 25.0 Å². The van der Waals surface area contributed by atoms with Crippen molar-refractivity contribution in [1.29, 1.82) is 0 Å². The molecule has 0 aromatic heterocycles. The van der Waals surface area contributed by atoms with Gasteiger partial charge in [0.25, 0.3) is 0 Å². The van der Waals surface area contributed by atoms with Crippen molar-refractivity contribution in [3.8, 4) is 0 Å². The lowest BCUT2D eigenvalue weighted by Crippen LogP contribution is -2.24. The Morgan fingerprint density at radius 2 is 2.05 bits per heavy atom. The third-order valence-electron chi connectivity index (χ3n) is 3.43. The van der Waals surface area contributed by atoms with E-state index in [0.29, 0.717) is 11.5 Å². The summed E-state index contributed by atoms with van der Waals surface area (Å²) in [4.78, 5) is 0. The number of rotatable bonds is 5. The molecule has 106 valence electrons. The third-order valence-corrected chi connectivity index (χ3v) is 4.91. The molecule has 2 rings (SSSR count). The van der Waals surface area contributed by atoms with E-state index in [1.807, 2.05) is 0 Å². The van der Waals surface area contributed by atoms with Crippen LogP contribution in [0.4, 0.5) is 0 Å². The molecule has 0 radical (unpaired) electrons. The van der Waals surface area contributed by atoms with Gasteiger partial charge in [-0.2, -0.15) is 0 Å². The summed E-state index contributed by atoms with van der Waals surface area (Å²) in [5, 5.41) is 0. The van der Waals surface area contributed by atoms with E-state index in [4.69, 9.17) is 10.5 Å². The standard InChI is InChI=1S/C15H23NO2S/c1-11-6-12(2)8-13(7-11)15(16)10-19(17)9-14-4-3-5-18-14/h6-8,14-15H,3-5,9-10,16H2,1-2H3. The van der Waals surface area contributed by atoms with Crippen LogP contribution < -0.4 is 5.73 Å². The molecule has 4 heteroatoms. The molecule has 19 heavy (non-hydrogen) atoms. The van der Waals surface area contributed by atoms with Gasteiger partial charge in [-0.15, -0.1) is 0 Å². The van der Waals surface area contributed by atoms with E-state index in [1.54, 1.807) is 0 Å². The molecule has 1 fully saturated rings. The van der Waals surface area contributed by atoms with E-state index in [9.17, 15) is 4.21 Å². The van der Waals surface area contributed by atoms with Gasteiger partial charge in [-0.1, -0.05) is 29.3 Å². The Bertz CT molecular complexity index is 435. The third kappa shape index (κ3) is 4.41. The van der Waals surface area contributed by atoms with Crippen LogP contribution in [-0.4, -0.2) is 28.4 Å². The second-order valence-corrected chi connectivity index (χ2v) is 6.98. The van der Waals surface area contributed by atoms with Crippen molar-refractivity contribution < 1.29 is 8.95 Å². The van der Waals surface area contributed by atoms with Gasteiger partial charge in [-0.05, 0) is 32.3 Å². The molecule has 0 spiro atoms. The highest BCUT2D eigenvalue weighted by molar-refractivity contribution is 7.85. The zero-order valence-electron chi connectivity index (χ0n) is 11.7. The lowest BCUT2D eigenvalue weighted by atomic mass is 10.0. The van der Waals surface area contributed by atoms with Gasteiger partial charge in [0.15, 0.2) is 0 Å². The topological polar surface area (TPSA) is 52.3 Å². The predicted octanol–water partition coefficient (Wildman–Crippen LogP) is 2.23. The van der Waals surface area contributed by atoms with E-state index in [1.165, 1.54) is 11.1 Å². The van der Waals surface area contributed by atoms with Crippen LogP contribution in [0.2, 0.25) is 0 Å². The number of aryl methyl sites for hydroxylation is 2. The van der Waals surface area contributed by atoms with Gasteiger partial charge in [0.1, 0.15) is 0 Å². The fourth-order valence-corrected chi connectivity index (χ4v) is 3.98. The molecule has 1 aromatic rings. The van der Waals surface area contributed by atoms with Gasteiger partial charge in [-0.3, -0.25) is 4.21 Å². The molecular weight excluding hydrogens is 258 g/mol. The molecule has 3 unspecified atom stereocenters. The van der Waals surface area contributed by atoms with Crippen LogP contribution in [-0.2, 0) is 15.5 Å². The zero-order valence-corrected chi connectivity index (χ0v) is 12.5. The van der Waals surface area contributed by atoms with Gasteiger partial charge < -0.3 is 10.5 Å². The monoisotopic (exact) mass is 281 g/mol. The van der Waals surface area contributed by atoms with Crippen molar-refractivity contribution in [2.45, 2.75) is 38.8 Å². The number of benzene rings is 1. The normalized spacial score (nSPS) is 22.4. The SMILES string of the molecule is Cc1cc(C)cc(C(N)CS(=O)CC2CCCO2)c1. The van der Waals surface area contributed by atoms with Crippen LogP contribution in [0.1, 0.15) is 35.6 Å². The van der Waals surface area contributed by atoms with E-state index >= 15 is 0 Å². The molecule has 1 saturated heterocycles. The molecule has 3 atom stereocenters. The highest BCUT2D eigenvalue weighted by Crippen LogP contribution is 2.18. The maximum Gasteiger partial charge on any atom is 0.0691 e. The molecule has 3 nitrogen and oxygen atoms in total. The predicted molar refractivity (Wildman–Crippen MR) is 79.7 cm³/mol. The van der Waals surface area contributed by atoms with Crippen LogP contribution in [0.5, 0.6) is 0 Å². The Labute approximate surface area is 118 Å². The highest BCUT2D eigenvalue weighted by Gasteiger charge is 2.20. The Hall–Kier alpha value is -0.710. The Morgan fingerprint density at radius 3 is 2.63 bits per heavy atom. The van der Waals surface area contributed by atoms with Crippen LogP contribution in [0.3, 0.4) is 0 Å². The lowest BCUT2D eigenvalue weighted by Gasteiger charge is -2.15. The largest absolute Gasteiger partial charge is 0.377 e. The van der Waals surface area contributed by atoms with Gasteiger partial charge in [0.05, 0.1) is 6.10 Å². The summed E-state index contributed by atoms with van der Waals surface area (Å²) in [5.41, 5.74) is 9.66.